The van der Waals surface area contributed by atoms with Gasteiger partial charge in [-0.2, -0.15) is 0 Å². The third-order valence-corrected chi connectivity index (χ3v) is 5.43. The van der Waals surface area contributed by atoms with Gasteiger partial charge in [0.05, 0.1) is 0 Å². The smallest absolute Gasteiger partial charge is 0.0330 e. The first-order valence-electron chi connectivity index (χ1n) is 9.49. The summed E-state index contributed by atoms with van der Waals surface area (Å²) in [7, 11) is 4.54. The molecule has 1 aliphatic carbocycles. The van der Waals surface area contributed by atoms with E-state index in [0.717, 1.165) is 5.92 Å². The van der Waals surface area contributed by atoms with Crippen molar-refractivity contribution in [2.75, 3.05) is 27.2 Å². The molecule has 0 aromatic heterocycles. The van der Waals surface area contributed by atoms with E-state index in [-0.39, 0.29) is 0 Å². The Balaban J connectivity index is 2.11. The van der Waals surface area contributed by atoms with Gasteiger partial charge in [-0.1, -0.05) is 65.2 Å². The summed E-state index contributed by atoms with van der Waals surface area (Å²) >= 11 is 0. The second-order valence-electron chi connectivity index (χ2n) is 7.62. The Morgan fingerprint density at radius 1 is 1.05 bits per heavy atom. The van der Waals surface area contributed by atoms with E-state index in [1.807, 2.05) is 0 Å². The van der Waals surface area contributed by atoms with Gasteiger partial charge in [0, 0.05) is 12.1 Å². The van der Waals surface area contributed by atoms with E-state index in [4.69, 9.17) is 0 Å². The highest BCUT2D eigenvalue weighted by Gasteiger charge is 2.36. The number of nitrogens with one attached hydrogen (secondary N) is 1. The molecule has 2 unspecified atom stereocenters. The third kappa shape index (κ3) is 7.15. The van der Waals surface area contributed by atoms with Crippen molar-refractivity contribution in [3.63, 3.8) is 0 Å². The maximum absolute atomic E-state index is 3.76. The number of unbranched alkanes of at least 4 members (excludes halogenated alkanes) is 6. The van der Waals surface area contributed by atoms with Crippen LogP contribution < -0.4 is 5.32 Å². The van der Waals surface area contributed by atoms with Crippen LogP contribution in [0.2, 0.25) is 0 Å². The van der Waals surface area contributed by atoms with Gasteiger partial charge >= 0.3 is 0 Å². The summed E-state index contributed by atoms with van der Waals surface area (Å²) in [5, 5.41) is 3.76. The molecule has 2 nitrogen and oxygen atoms in total. The summed E-state index contributed by atoms with van der Waals surface area (Å²) in [6.45, 7) is 7.10. The zero-order valence-corrected chi connectivity index (χ0v) is 15.2. The van der Waals surface area contributed by atoms with Crippen molar-refractivity contribution in [2.45, 2.75) is 90.0 Å². The summed E-state index contributed by atoms with van der Waals surface area (Å²) < 4.78 is 0. The Morgan fingerprint density at radius 2 is 1.71 bits per heavy atom. The molecule has 0 aromatic rings. The molecule has 0 aromatic carbocycles. The van der Waals surface area contributed by atoms with E-state index in [1.165, 1.54) is 83.7 Å². The van der Waals surface area contributed by atoms with Crippen molar-refractivity contribution in [1.29, 1.82) is 0 Å². The lowest BCUT2D eigenvalue weighted by atomic mass is 9.75. The Hall–Kier alpha value is -0.0800. The molecule has 0 radical (unpaired) electrons. The van der Waals surface area contributed by atoms with E-state index in [9.17, 15) is 0 Å². The molecule has 0 amide bonds. The van der Waals surface area contributed by atoms with Gasteiger partial charge in [0.2, 0.25) is 0 Å². The van der Waals surface area contributed by atoms with Crippen LogP contribution >= 0.6 is 0 Å². The minimum atomic E-state index is 0.415. The maximum atomic E-state index is 3.76. The molecule has 2 atom stereocenters. The van der Waals surface area contributed by atoms with Crippen molar-refractivity contribution in [1.82, 2.24) is 10.2 Å². The molecule has 1 rings (SSSR count). The maximum Gasteiger partial charge on any atom is 0.0330 e. The molecule has 1 saturated carbocycles. The second kappa shape index (κ2) is 10.6. The summed E-state index contributed by atoms with van der Waals surface area (Å²) in [6, 6.07) is 0. The Kier molecular flexibility index (Phi) is 9.59. The number of hydrogen-bond donors (Lipinski definition) is 1. The molecule has 126 valence electrons. The average Bonchev–Trinajstić information content (AvgIpc) is 2.45. The van der Waals surface area contributed by atoms with Crippen molar-refractivity contribution < 1.29 is 0 Å². The van der Waals surface area contributed by atoms with Crippen LogP contribution in [0.25, 0.3) is 0 Å². The number of nitrogens with zero attached hydrogens (tertiary/aromatic N) is 1. The normalized spacial score (nSPS) is 26.4. The molecule has 0 saturated heterocycles. The first kappa shape index (κ1) is 19.0. The van der Waals surface area contributed by atoms with E-state index in [2.05, 4.69) is 38.2 Å². The Morgan fingerprint density at radius 3 is 2.33 bits per heavy atom. The van der Waals surface area contributed by atoms with Crippen molar-refractivity contribution >= 4 is 0 Å². The van der Waals surface area contributed by atoms with Crippen LogP contribution in [0.15, 0.2) is 0 Å². The monoisotopic (exact) mass is 296 g/mol. The van der Waals surface area contributed by atoms with Crippen LogP contribution in [0, 0.1) is 5.92 Å². The van der Waals surface area contributed by atoms with Gasteiger partial charge in [0.1, 0.15) is 0 Å². The number of rotatable bonds is 11. The van der Waals surface area contributed by atoms with Gasteiger partial charge in [0.15, 0.2) is 0 Å². The van der Waals surface area contributed by atoms with Crippen LogP contribution in [-0.4, -0.2) is 37.6 Å². The van der Waals surface area contributed by atoms with E-state index in [0.29, 0.717) is 5.54 Å². The van der Waals surface area contributed by atoms with E-state index in [1.54, 1.807) is 0 Å². The van der Waals surface area contributed by atoms with Gasteiger partial charge < -0.3 is 10.2 Å². The fraction of sp³-hybridized carbons (Fsp3) is 1.00. The second-order valence-corrected chi connectivity index (χ2v) is 7.62. The van der Waals surface area contributed by atoms with Gasteiger partial charge in [0.25, 0.3) is 0 Å². The van der Waals surface area contributed by atoms with E-state index >= 15 is 0 Å². The van der Waals surface area contributed by atoms with Crippen LogP contribution in [0.5, 0.6) is 0 Å². The van der Waals surface area contributed by atoms with Crippen molar-refractivity contribution in [3.8, 4) is 0 Å². The molecule has 1 N–H and O–H groups in total. The summed E-state index contributed by atoms with van der Waals surface area (Å²) in [5.74, 6) is 0.890. The quantitative estimate of drug-likeness (QED) is 0.549. The Bertz CT molecular complexity index is 252. The summed E-state index contributed by atoms with van der Waals surface area (Å²) in [6.07, 6.45) is 15.4. The minimum absolute atomic E-state index is 0.415. The highest BCUT2D eigenvalue weighted by molar-refractivity contribution is 4.94. The highest BCUT2D eigenvalue weighted by atomic mass is 15.2. The largest absolute Gasteiger partial charge is 0.315 e. The molecule has 0 aliphatic heterocycles. The van der Waals surface area contributed by atoms with Crippen LogP contribution in [-0.2, 0) is 0 Å². The predicted octanol–water partition coefficient (Wildman–Crippen LogP) is 4.84. The molecule has 1 fully saturated rings. The van der Waals surface area contributed by atoms with Crippen molar-refractivity contribution in [2.24, 2.45) is 5.92 Å². The van der Waals surface area contributed by atoms with Crippen LogP contribution in [0.4, 0.5) is 0 Å². The molecular formula is C19H40N2. The average molecular weight is 297 g/mol. The Labute approximate surface area is 134 Å². The third-order valence-electron chi connectivity index (χ3n) is 5.43. The molecule has 0 bridgehead atoms. The lowest BCUT2D eigenvalue weighted by Crippen LogP contribution is -2.54. The molecule has 21 heavy (non-hydrogen) atoms. The summed E-state index contributed by atoms with van der Waals surface area (Å²) in [5.41, 5.74) is 0.415. The first-order valence-corrected chi connectivity index (χ1v) is 9.49. The van der Waals surface area contributed by atoms with Crippen LogP contribution in [0.3, 0.4) is 0 Å². The van der Waals surface area contributed by atoms with Gasteiger partial charge in [-0.25, -0.2) is 0 Å². The standard InChI is InChI=1S/C19H40N2/c1-5-6-7-8-9-10-11-15-20-17-19(21(3)4)14-12-13-18(2)16-19/h18,20H,5-17H2,1-4H3. The van der Waals surface area contributed by atoms with Crippen molar-refractivity contribution in [3.05, 3.63) is 0 Å². The topological polar surface area (TPSA) is 15.3 Å². The predicted molar refractivity (Wildman–Crippen MR) is 94.9 cm³/mol. The first-order chi connectivity index (χ1) is 10.1. The lowest BCUT2D eigenvalue weighted by Gasteiger charge is -2.45. The molecular weight excluding hydrogens is 256 g/mol. The minimum Gasteiger partial charge on any atom is -0.315 e. The summed E-state index contributed by atoms with van der Waals surface area (Å²) in [4.78, 5) is 2.49. The van der Waals surface area contributed by atoms with Gasteiger partial charge in [-0.3, -0.25) is 0 Å². The SMILES string of the molecule is CCCCCCCCCNCC1(N(C)C)CCCC(C)C1. The van der Waals surface area contributed by atoms with Gasteiger partial charge in [-0.05, 0) is 45.8 Å². The zero-order valence-electron chi connectivity index (χ0n) is 15.2. The van der Waals surface area contributed by atoms with E-state index < -0.39 is 0 Å². The highest BCUT2D eigenvalue weighted by Crippen LogP contribution is 2.35. The molecule has 1 aliphatic rings. The number of likely N-dealkylation sites (N-methyl/N-ethyl adjacent to an activating group) is 1. The fourth-order valence-electron chi connectivity index (χ4n) is 3.89. The molecule has 0 heterocycles. The van der Waals surface area contributed by atoms with Crippen LogP contribution in [0.1, 0.15) is 84.5 Å². The van der Waals surface area contributed by atoms with Gasteiger partial charge in [-0.15, -0.1) is 0 Å². The zero-order chi connectivity index (χ0) is 15.6. The lowest BCUT2D eigenvalue weighted by molar-refractivity contribution is 0.0753. The molecule has 0 spiro atoms. The number of hydrogen-bond acceptors (Lipinski definition) is 2. The molecule has 2 heteroatoms. The fourth-order valence-corrected chi connectivity index (χ4v) is 3.89.